The fraction of sp³-hybridized carbons (Fsp3) is 0.812. The summed E-state index contributed by atoms with van der Waals surface area (Å²) in [6, 6.07) is 0.223. The van der Waals surface area contributed by atoms with Crippen LogP contribution in [0.3, 0.4) is 0 Å². The summed E-state index contributed by atoms with van der Waals surface area (Å²) in [5.74, 6) is -0.504. The van der Waals surface area contributed by atoms with E-state index in [1.54, 1.807) is 0 Å². The van der Waals surface area contributed by atoms with Crippen LogP contribution in [0.25, 0.3) is 0 Å². The van der Waals surface area contributed by atoms with E-state index in [4.69, 9.17) is 18.8 Å². The van der Waals surface area contributed by atoms with Gasteiger partial charge in [-0.25, -0.2) is 0 Å². The monoisotopic (exact) mass is 320 g/mol. The molecule has 2 saturated heterocycles. The SMILES string of the molecule is CC1(C)OC[C@@]2(CC2n2cc(B3OC(C)(C)C(C)(C)O3)cn2)O1. The zero-order chi connectivity index (χ0) is 16.7. The third-order valence-electron chi connectivity index (χ3n) is 5.57. The number of rotatable bonds is 2. The second-order valence-electron chi connectivity index (χ2n) is 8.42. The molecule has 1 aromatic heterocycles. The van der Waals surface area contributed by atoms with E-state index in [0.29, 0.717) is 6.61 Å². The summed E-state index contributed by atoms with van der Waals surface area (Å²) in [7, 11) is -0.374. The minimum atomic E-state index is -0.504. The maximum atomic E-state index is 6.08. The van der Waals surface area contributed by atoms with Gasteiger partial charge in [-0.1, -0.05) is 0 Å². The number of ether oxygens (including phenoxy) is 2. The van der Waals surface area contributed by atoms with Crippen LogP contribution in [0.4, 0.5) is 0 Å². The van der Waals surface area contributed by atoms with Gasteiger partial charge in [0.1, 0.15) is 5.60 Å². The first-order valence-electron chi connectivity index (χ1n) is 8.28. The van der Waals surface area contributed by atoms with Gasteiger partial charge in [0, 0.05) is 24.3 Å². The zero-order valence-electron chi connectivity index (χ0n) is 14.8. The quantitative estimate of drug-likeness (QED) is 0.776. The molecule has 6 nitrogen and oxygen atoms in total. The van der Waals surface area contributed by atoms with Gasteiger partial charge in [0.25, 0.3) is 0 Å². The molecule has 23 heavy (non-hydrogen) atoms. The molecule has 0 N–H and O–H groups in total. The first-order valence-corrected chi connectivity index (χ1v) is 8.28. The second-order valence-corrected chi connectivity index (χ2v) is 8.42. The third kappa shape index (κ3) is 2.37. The van der Waals surface area contributed by atoms with Crippen molar-refractivity contribution in [2.45, 2.75) is 76.6 Å². The van der Waals surface area contributed by atoms with Crippen molar-refractivity contribution in [2.24, 2.45) is 0 Å². The Morgan fingerprint density at radius 3 is 2.35 bits per heavy atom. The van der Waals surface area contributed by atoms with Crippen molar-refractivity contribution in [3.63, 3.8) is 0 Å². The van der Waals surface area contributed by atoms with Crippen LogP contribution in [-0.4, -0.2) is 46.1 Å². The van der Waals surface area contributed by atoms with Crippen molar-refractivity contribution in [3.05, 3.63) is 12.4 Å². The van der Waals surface area contributed by atoms with E-state index in [1.165, 1.54) is 0 Å². The Balaban J connectivity index is 1.50. The van der Waals surface area contributed by atoms with Gasteiger partial charge in [-0.05, 0) is 41.5 Å². The Morgan fingerprint density at radius 2 is 1.78 bits per heavy atom. The molecule has 3 aliphatic rings. The normalized spacial score (nSPS) is 36.8. The van der Waals surface area contributed by atoms with Crippen molar-refractivity contribution in [2.75, 3.05) is 6.61 Å². The summed E-state index contributed by atoms with van der Waals surface area (Å²) in [4.78, 5) is 0. The van der Waals surface area contributed by atoms with Crippen LogP contribution in [-0.2, 0) is 18.8 Å². The van der Waals surface area contributed by atoms with Crippen molar-refractivity contribution >= 4 is 12.6 Å². The lowest BCUT2D eigenvalue weighted by Gasteiger charge is -2.32. The standard InChI is InChI=1S/C16H25BN2O4/c1-13(2)14(3,4)23-17(22-13)11-8-18-19(9-11)12-7-16(12)10-20-15(5,6)21-16/h8-9,12H,7,10H2,1-6H3/t12?,16-/m1/s1. The summed E-state index contributed by atoms with van der Waals surface area (Å²) < 4.78 is 25.9. The topological polar surface area (TPSA) is 54.7 Å². The molecule has 0 amide bonds. The van der Waals surface area contributed by atoms with Crippen molar-refractivity contribution in [1.82, 2.24) is 9.78 Å². The van der Waals surface area contributed by atoms with E-state index in [2.05, 4.69) is 32.8 Å². The molecule has 0 aromatic carbocycles. The molecular weight excluding hydrogens is 295 g/mol. The lowest BCUT2D eigenvalue weighted by atomic mass is 9.82. The van der Waals surface area contributed by atoms with Crippen LogP contribution >= 0.6 is 0 Å². The smallest absolute Gasteiger partial charge is 0.399 e. The second kappa shape index (κ2) is 4.39. The summed E-state index contributed by atoms with van der Waals surface area (Å²) in [6.07, 6.45) is 4.77. The average molecular weight is 320 g/mol. The van der Waals surface area contributed by atoms with Gasteiger partial charge < -0.3 is 18.8 Å². The van der Waals surface area contributed by atoms with Crippen LogP contribution < -0.4 is 5.46 Å². The molecule has 0 bridgehead atoms. The van der Waals surface area contributed by atoms with E-state index in [0.717, 1.165) is 11.9 Å². The molecule has 0 radical (unpaired) electrons. The fourth-order valence-electron chi connectivity index (χ4n) is 3.34. The minimum absolute atomic E-state index is 0.220. The molecule has 1 saturated carbocycles. The Morgan fingerprint density at radius 1 is 1.13 bits per heavy atom. The predicted octanol–water partition coefficient (Wildman–Crippen LogP) is 1.65. The maximum Gasteiger partial charge on any atom is 0.498 e. The highest BCUT2D eigenvalue weighted by molar-refractivity contribution is 6.62. The first-order chi connectivity index (χ1) is 10.5. The van der Waals surface area contributed by atoms with Gasteiger partial charge in [0.05, 0.1) is 23.9 Å². The van der Waals surface area contributed by atoms with E-state index in [9.17, 15) is 0 Å². The maximum absolute atomic E-state index is 6.08. The first kappa shape index (κ1) is 15.6. The van der Waals surface area contributed by atoms with Gasteiger partial charge in [-0.15, -0.1) is 0 Å². The van der Waals surface area contributed by atoms with Crippen LogP contribution in [0, 0.1) is 0 Å². The van der Waals surface area contributed by atoms with Crippen LogP contribution in [0.15, 0.2) is 12.4 Å². The molecular formula is C16H25BN2O4. The number of hydrogen-bond donors (Lipinski definition) is 0. The molecule has 1 unspecified atom stereocenters. The summed E-state index contributed by atoms with van der Waals surface area (Å²) in [5.41, 5.74) is 0.0480. The summed E-state index contributed by atoms with van der Waals surface area (Å²) in [6.45, 7) is 12.7. The van der Waals surface area contributed by atoms with E-state index in [-0.39, 0.29) is 30.0 Å². The van der Waals surface area contributed by atoms with E-state index < -0.39 is 5.79 Å². The average Bonchev–Trinajstić information content (AvgIpc) is 2.72. The largest absolute Gasteiger partial charge is 0.498 e. The fourth-order valence-corrected chi connectivity index (χ4v) is 3.34. The van der Waals surface area contributed by atoms with Gasteiger partial charge in [-0.3, -0.25) is 4.68 Å². The van der Waals surface area contributed by atoms with Gasteiger partial charge in [0.15, 0.2) is 5.79 Å². The molecule has 1 aromatic rings. The van der Waals surface area contributed by atoms with Crippen molar-refractivity contribution in [3.8, 4) is 0 Å². The molecule has 2 atom stereocenters. The number of nitrogens with zero attached hydrogens (tertiary/aromatic N) is 2. The molecule has 7 heteroatoms. The number of aromatic nitrogens is 2. The van der Waals surface area contributed by atoms with Crippen molar-refractivity contribution in [1.29, 1.82) is 0 Å². The molecule has 4 rings (SSSR count). The lowest BCUT2D eigenvalue weighted by Crippen LogP contribution is -2.41. The van der Waals surface area contributed by atoms with Gasteiger partial charge >= 0.3 is 7.12 Å². The lowest BCUT2D eigenvalue weighted by molar-refractivity contribution is -0.144. The van der Waals surface area contributed by atoms with E-state index in [1.807, 2.05) is 30.9 Å². The van der Waals surface area contributed by atoms with Gasteiger partial charge in [0.2, 0.25) is 0 Å². The highest BCUT2D eigenvalue weighted by atomic mass is 16.8. The van der Waals surface area contributed by atoms with Crippen molar-refractivity contribution < 1.29 is 18.8 Å². The molecule has 3 fully saturated rings. The Bertz CT molecular complexity index is 626. The van der Waals surface area contributed by atoms with Crippen LogP contribution in [0.2, 0.25) is 0 Å². The summed E-state index contributed by atoms with van der Waals surface area (Å²) in [5, 5.41) is 4.51. The summed E-state index contributed by atoms with van der Waals surface area (Å²) >= 11 is 0. The van der Waals surface area contributed by atoms with Crippen LogP contribution in [0.1, 0.15) is 54.0 Å². The predicted molar refractivity (Wildman–Crippen MR) is 85.4 cm³/mol. The molecule has 126 valence electrons. The molecule has 1 spiro atoms. The molecule has 2 aliphatic heterocycles. The number of hydrogen-bond acceptors (Lipinski definition) is 5. The van der Waals surface area contributed by atoms with E-state index >= 15 is 0 Å². The van der Waals surface area contributed by atoms with Crippen LogP contribution in [0.5, 0.6) is 0 Å². The highest BCUT2D eigenvalue weighted by Crippen LogP contribution is 2.56. The Kier molecular flexibility index (Phi) is 2.98. The van der Waals surface area contributed by atoms with Gasteiger partial charge in [-0.2, -0.15) is 5.10 Å². The highest BCUT2D eigenvalue weighted by Gasteiger charge is 2.64. The molecule has 1 aliphatic carbocycles. The molecule has 3 heterocycles. The zero-order valence-corrected chi connectivity index (χ0v) is 14.8. The Hall–Kier alpha value is -0.885. The third-order valence-corrected chi connectivity index (χ3v) is 5.57. The Labute approximate surface area is 137 Å². The minimum Gasteiger partial charge on any atom is -0.399 e.